The molecular formula is C15H21NO5S. The Balaban J connectivity index is 2.58. The maximum Gasteiger partial charge on any atom is 0.338 e. The number of sulfone groups is 1. The molecular weight excluding hydrogens is 306 g/mol. The van der Waals surface area contributed by atoms with Gasteiger partial charge in [0, 0.05) is 11.8 Å². The first kappa shape index (κ1) is 18.2. The van der Waals surface area contributed by atoms with E-state index in [9.17, 15) is 18.0 Å². The standard InChI is InChI=1S/C15H21NO5S/c1-15(2,3)16-13(17)9-21-14(18)12-7-5-11(6-8-12)10-22(4,19)20/h5-8H,9-10H2,1-4H3,(H,16,17). The van der Waals surface area contributed by atoms with E-state index in [0.717, 1.165) is 6.26 Å². The van der Waals surface area contributed by atoms with Gasteiger partial charge in [0.25, 0.3) is 5.91 Å². The average molecular weight is 327 g/mol. The highest BCUT2D eigenvalue weighted by atomic mass is 32.2. The molecule has 0 aliphatic carbocycles. The summed E-state index contributed by atoms with van der Waals surface area (Å²) in [4.78, 5) is 23.3. The number of hydrogen-bond acceptors (Lipinski definition) is 5. The van der Waals surface area contributed by atoms with Gasteiger partial charge in [-0.2, -0.15) is 0 Å². The molecule has 0 fully saturated rings. The molecule has 22 heavy (non-hydrogen) atoms. The second kappa shape index (κ2) is 6.91. The lowest BCUT2D eigenvalue weighted by Crippen LogP contribution is -2.42. The maximum atomic E-state index is 11.8. The molecule has 1 N–H and O–H groups in total. The number of nitrogens with one attached hydrogen (secondary N) is 1. The van der Waals surface area contributed by atoms with Crippen molar-refractivity contribution in [2.45, 2.75) is 32.1 Å². The summed E-state index contributed by atoms with van der Waals surface area (Å²) in [6.45, 7) is 5.12. The lowest BCUT2D eigenvalue weighted by Gasteiger charge is -2.20. The third-order valence-electron chi connectivity index (χ3n) is 2.47. The predicted octanol–water partition coefficient (Wildman–Crippen LogP) is 1.30. The fourth-order valence-electron chi connectivity index (χ4n) is 1.71. The van der Waals surface area contributed by atoms with Crippen LogP contribution in [0.25, 0.3) is 0 Å². The lowest BCUT2D eigenvalue weighted by molar-refractivity contribution is -0.125. The van der Waals surface area contributed by atoms with E-state index in [4.69, 9.17) is 4.74 Å². The molecule has 1 rings (SSSR count). The second-order valence-corrected chi connectivity index (χ2v) is 8.28. The van der Waals surface area contributed by atoms with Gasteiger partial charge in [-0.05, 0) is 38.5 Å². The monoisotopic (exact) mass is 327 g/mol. The van der Waals surface area contributed by atoms with Crippen molar-refractivity contribution in [3.05, 3.63) is 35.4 Å². The van der Waals surface area contributed by atoms with Gasteiger partial charge >= 0.3 is 5.97 Å². The van der Waals surface area contributed by atoms with Gasteiger partial charge in [-0.1, -0.05) is 12.1 Å². The first-order valence-electron chi connectivity index (χ1n) is 6.71. The average Bonchev–Trinajstić information content (AvgIpc) is 2.33. The van der Waals surface area contributed by atoms with Crippen molar-refractivity contribution in [2.75, 3.05) is 12.9 Å². The first-order chi connectivity index (χ1) is 9.96. The number of esters is 1. The summed E-state index contributed by atoms with van der Waals surface area (Å²) in [5, 5.41) is 2.68. The number of benzene rings is 1. The van der Waals surface area contributed by atoms with Gasteiger partial charge in [0.15, 0.2) is 16.4 Å². The van der Waals surface area contributed by atoms with Crippen LogP contribution in [0.15, 0.2) is 24.3 Å². The van der Waals surface area contributed by atoms with Crippen molar-refractivity contribution < 1.29 is 22.7 Å². The highest BCUT2D eigenvalue weighted by Crippen LogP contribution is 2.09. The zero-order valence-corrected chi connectivity index (χ0v) is 14.0. The molecule has 0 aliphatic heterocycles. The van der Waals surface area contributed by atoms with Crippen molar-refractivity contribution >= 4 is 21.7 Å². The largest absolute Gasteiger partial charge is 0.452 e. The molecule has 0 heterocycles. The molecule has 1 aromatic rings. The van der Waals surface area contributed by atoms with Gasteiger partial charge in [0.1, 0.15) is 0 Å². The van der Waals surface area contributed by atoms with Gasteiger partial charge < -0.3 is 10.1 Å². The number of hydrogen-bond donors (Lipinski definition) is 1. The zero-order chi connectivity index (χ0) is 17.0. The number of carbonyl (C=O) groups excluding carboxylic acids is 2. The van der Waals surface area contributed by atoms with E-state index in [1.807, 2.05) is 20.8 Å². The summed E-state index contributed by atoms with van der Waals surface area (Å²) < 4.78 is 27.3. The van der Waals surface area contributed by atoms with Gasteiger partial charge in [0.2, 0.25) is 0 Å². The van der Waals surface area contributed by atoms with E-state index in [1.54, 1.807) is 12.1 Å². The topological polar surface area (TPSA) is 89.5 Å². The summed E-state index contributed by atoms with van der Waals surface area (Å²) in [7, 11) is -3.12. The molecule has 0 radical (unpaired) electrons. The van der Waals surface area contributed by atoms with Crippen LogP contribution in [-0.4, -0.2) is 38.7 Å². The van der Waals surface area contributed by atoms with Crippen LogP contribution in [0.4, 0.5) is 0 Å². The summed E-state index contributed by atoms with van der Waals surface area (Å²) in [5.74, 6) is -1.10. The van der Waals surface area contributed by atoms with Crippen LogP contribution in [0.5, 0.6) is 0 Å². The van der Waals surface area contributed by atoms with E-state index in [1.165, 1.54) is 12.1 Å². The lowest BCUT2D eigenvalue weighted by atomic mass is 10.1. The number of carbonyl (C=O) groups is 2. The van der Waals surface area contributed by atoms with E-state index < -0.39 is 21.3 Å². The van der Waals surface area contributed by atoms with Gasteiger partial charge in [0.05, 0.1) is 11.3 Å². The van der Waals surface area contributed by atoms with Crippen LogP contribution in [0, 0.1) is 0 Å². The fourth-order valence-corrected chi connectivity index (χ4v) is 2.51. The number of rotatable bonds is 5. The third-order valence-corrected chi connectivity index (χ3v) is 3.32. The minimum atomic E-state index is -3.12. The SMILES string of the molecule is CC(C)(C)NC(=O)COC(=O)c1ccc(CS(C)(=O)=O)cc1. The summed E-state index contributed by atoms with van der Waals surface area (Å²) in [6, 6.07) is 6.05. The van der Waals surface area contributed by atoms with Crippen LogP contribution in [0.3, 0.4) is 0 Å². The van der Waals surface area contributed by atoms with Gasteiger partial charge in [-0.3, -0.25) is 4.79 Å². The molecule has 0 spiro atoms. The number of amides is 1. The maximum absolute atomic E-state index is 11.8. The molecule has 7 heteroatoms. The number of ether oxygens (including phenoxy) is 1. The third kappa shape index (κ3) is 7.21. The van der Waals surface area contributed by atoms with Crippen LogP contribution >= 0.6 is 0 Å². The Bertz CT molecular complexity index is 642. The van der Waals surface area contributed by atoms with E-state index in [0.29, 0.717) is 5.56 Å². The van der Waals surface area contributed by atoms with Crippen molar-refractivity contribution in [2.24, 2.45) is 0 Å². The normalized spacial score (nSPS) is 11.8. The Morgan fingerprint density at radius 2 is 1.68 bits per heavy atom. The molecule has 0 unspecified atom stereocenters. The molecule has 0 saturated heterocycles. The van der Waals surface area contributed by atoms with Gasteiger partial charge in [-0.25, -0.2) is 13.2 Å². The molecule has 0 saturated carbocycles. The van der Waals surface area contributed by atoms with Crippen LogP contribution in [0.1, 0.15) is 36.7 Å². The Morgan fingerprint density at radius 3 is 2.14 bits per heavy atom. The fraction of sp³-hybridized carbons (Fsp3) is 0.467. The summed E-state index contributed by atoms with van der Waals surface area (Å²) >= 11 is 0. The highest BCUT2D eigenvalue weighted by Gasteiger charge is 2.16. The van der Waals surface area contributed by atoms with Crippen LogP contribution in [-0.2, 0) is 25.1 Å². The van der Waals surface area contributed by atoms with Crippen LogP contribution in [0.2, 0.25) is 0 Å². The Kier molecular flexibility index (Phi) is 5.71. The molecule has 122 valence electrons. The van der Waals surface area contributed by atoms with E-state index >= 15 is 0 Å². The van der Waals surface area contributed by atoms with Crippen molar-refractivity contribution in [1.29, 1.82) is 0 Å². The highest BCUT2D eigenvalue weighted by molar-refractivity contribution is 7.89. The summed E-state index contributed by atoms with van der Waals surface area (Å²) in [5.41, 5.74) is 0.460. The molecule has 1 amide bonds. The molecule has 0 aliphatic rings. The molecule has 0 aromatic heterocycles. The predicted molar refractivity (Wildman–Crippen MR) is 83.2 cm³/mol. The molecule has 1 aromatic carbocycles. The minimum Gasteiger partial charge on any atom is -0.452 e. The molecule has 6 nitrogen and oxygen atoms in total. The summed E-state index contributed by atoms with van der Waals surface area (Å²) in [6.07, 6.45) is 1.14. The van der Waals surface area contributed by atoms with Crippen molar-refractivity contribution in [3.63, 3.8) is 0 Å². The minimum absolute atomic E-state index is 0.0870. The van der Waals surface area contributed by atoms with Crippen LogP contribution < -0.4 is 5.32 Å². The Morgan fingerprint density at radius 1 is 1.14 bits per heavy atom. The smallest absolute Gasteiger partial charge is 0.338 e. The zero-order valence-electron chi connectivity index (χ0n) is 13.2. The van der Waals surface area contributed by atoms with E-state index in [-0.39, 0.29) is 23.8 Å². The molecule has 0 atom stereocenters. The second-order valence-electron chi connectivity index (χ2n) is 6.14. The quantitative estimate of drug-likeness (QED) is 0.823. The van der Waals surface area contributed by atoms with E-state index in [2.05, 4.69) is 5.32 Å². The Hall–Kier alpha value is -1.89. The first-order valence-corrected chi connectivity index (χ1v) is 8.77. The van der Waals surface area contributed by atoms with Crippen molar-refractivity contribution in [1.82, 2.24) is 5.32 Å². The Labute approximate surface area is 130 Å². The van der Waals surface area contributed by atoms with Gasteiger partial charge in [-0.15, -0.1) is 0 Å². The molecule has 0 bridgehead atoms. The van der Waals surface area contributed by atoms with Crippen molar-refractivity contribution in [3.8, 4) is 0 Å².